The van der Waals surface area contributed by atoms with E-state index in [-0.39, 0.29) is 6.61 Å². The van der Waals surface area contributed by atoms with Crippen LogP contribution in [0.3, 0.4) is 0 Å². The molecule has 3 nitrogen and oxygen atoms in total. The van der Waals surface area contributed by atoms with E-state index in [1.165, 1.54) is 0 Å². The van der Waals surface area contributed by atoms with Gasteiger partial charge in [0.25, 0.3) is 0 Å². The fourth-order valence-electron chi connectivity index (χ4n) is 1.35. The molecular formula is C11H13BrN2O. The van der Waals surface area contributed by atoms with Gasteiger partial charge in [-0.1, -0.05) is 22.0 Å². The van der Waals surface area contributed by atoms with Crippen LogP contribution in [0.2, 0.25) is 0 Å². The van der Waals surface area contributed by atoms with Gasteiger partial charge in [-0.05, 0) is 18.2 Å². The fourth-order valence-corrected chi connectivity index (χ4v) is 1.74. The Morgan fingerprint density at radius 3 is 2.80 bits per heavy atom. The number of anilines is 1. The second-order valence-electron chi connectivity index (χ2n) is 3.10. The van der Waals surface area contributed by atoms with Gasteiger partial charge in [-0.15, -0.1) is 0 Å². The van der Waals surface area contributed by atoms with Crippen molar-refractivity contribution < 1.29 is 5.11 Å². The van der Waals surface area contributed by atoms with E-state index >= 15 is 0 Å². The van der Waals surface area contributed by atoms with E-state index in [1.54, 1.807) is 0 Å². The van der Waals surface area contributed by atoms with Crippen LogP contribution < -0.4 is 4.90 Å². The highest BCUT2D eigenvalue weighted by Crippen LogP contribution is 2.19. The summed E-state index contributed by atoms with van der Waals surface area (Å²) in [5, 5.41) is 17.5. The number of halogens is 1. The van der Waals surface area contributed by atoms with Crippen molar-refractivity contribution in [2.45, 2.75) is 6.42 Å². The van der Waals surface area contributed by atoms with E-state index in [4.69, 9.17) is 10.4 Å². The lowest BCUT2D eigenvalue weighted by Crippen LogP contribution is -2.27. The minimum Gasteiger partial charge on any atom is -0.395 e. The first-order valence-electron chi connectivity index (χ1n) is 4.76. The largest absolute Gasteiger partial charge is 0.395 e. The summed E-state index contributed by atoms with van der Waals surface area (Å²) in [5.74, 6) is 0. The van der Waals surface area contributed by atoms with Crippen LogP contribution in [0.1, 0.15) is 6.42 Å². The first-order valence-corrected chi connectivity index (χ1v) is 5.55. The van der Waals surface area contributed by atoms with Crippen LogP contribution in [0, 0.1) is 11.3 Å². The molecule has 0 bridgehead atoms. The molecule has 0 amide bonds. The third-order valence-corrected chi connectivity index (χ3v) is 2.53. The van der Waals surface area contributed by atoms with Crippen molar-refractivity contribution in [3.05, 3.63) is 28.7 Å². The molecule has 0 atom stereocenters. The summed E-state index contributed by atoms with van der Waals surface area (Å²) in [6.07, 6.45) is 0.465. The van der Waals surface area contributed by atoms with Crippen molar-refractivity contribution in [1.29, 1.82) is 5.26 Å². The van der Waals surface area contributed by atoms with E-state index in [2.05, 4.69) is 22.0 Å². The average molecular weight is 269 g/mol. The molecule has 4 heteroatoms. The van der Waals surface area contributed by atoms with Gasteiger partial charge in [0.2, 0.25) is 0 Å². The lowest BCUT2D eigenvalue weighted by atomic mass is 10.2. The molecule has 0 heterocycles. The molecule has 15 heavy (non-hydrogen) atoms. The van der Waals surface area contributed by atoms with Crippen LogP contribution in [0.5, 0.6) is 0 Å². The Kier molecular flexibility index (Phi) is 5.16. The molecule has 0 aliphatic carbocycles. The topological polar surface area (TPSA) is 47.3 Å². The molecule has 1 N–H and O–H groups in total. The van der Waals surface area contributed by atoms with E-state index in [0.717, 1.165) is 10.2 Å². The molecule has 80 valence electrons. The Bertz CT molecular complexity index is 349. The maximum absolute atomic E-state index is 8.93. The van der Waals surface area contributed by atoms with Crippen molar-refractivity contribution in [2.24, 2.45) is 0 Å². The summed E-state index contributed by atoms with van der Waals surface area (Å²) in [6.45, 7) is 1.30. The predicted molar refractivity (Wildman–Crippen MR) is 63.7 cm³/mol. The zero-order valence-electron chi connectivity index (χ0n) is 8.36. The Balaban J connectivity index is 2.74. The standard InChI is InChI=1S/C11H13BrN2O/c12-10-3-1-4-11(9-10)14(7-8-15)6-2-5-13/h1,3-4,9,15H,2,6-8H2. The van der Waals surface area contributed by atoms with Gasteiger partial charge in [-0.3, -0.25) is 0 Å². The highest BCUT2D eigenvalue weighted by Gasteiger charge is 2.05. The Labute approximate surface area is 98.1 Å². The van der Waals surface area contributed by atoms with Crippen LogP contribution in [0.25, 0.3) is 0 Å². The summed E-state index contributed by atoms with van der Waals surface area (Å²) in [5.41, 5.74) is 1.02. The molecule has 0 saturated heterocycles. The summed E-state index contributed by atoms with van der Waals surface area (Å²) >= 11 is 3.40. The van der Waals surface area contributed by atoms with Crippen molar-refractivity contribution in [3.63, 3.8) is 0 Å². The zero-order chi connectivity index (χ0) is 11.1. The molecule has 1 rings (SSSR count). The summed E-state index contributed by atoms with van der Waals surface area (Å²) in [4.78, 5) is 1.99. The Morgan fingerprint density at radius 2 is 2.20 bits per heavy atom. The molecular weight excluding hydrogens is 256 g/mol. The second kappa shape index (κ2) is 6.44. The monoisotopic (exact) mass is 268 g/mol. The number of hydrogen-bond acceptors (Lipinski definition) is 3. The van der Waals surface area contributed by atoms with Crippen molar-refractivity contribution in [3.8, 4) is 6.07 Å². The molecule has 1 aromatic carbocycles. The molecule has 0 aliphatic heterocycles. The molecule has 0 radical (unpaired) electrons. The highest BCUT2D eigenvalue weighted by molar-refractivity contribution is 9.10. The van der Waals surface area contributed by atoms with E-state index in [9.17, 15) is 0 Å². The van der Waals surface area contributed by atoms with Crippen molar-refractivity contribution in [1.82, 2.24) is 0 Å². The maximum Gasteiger partial charge on any atom is 0.0640 e. The molecule has 0 unspecified atom stereocenters. The van der Waals surface area contributed by atoms with Crippen LogP contribution >= 0.6 is 15.9 Å². The predicted octanol–water partition coefficient (Wildman–Crippen LogP) is 2.16. The molecule has 1 aromatic rings. The lowest BCUT2D eigenvalue weighted by Gasteiger charge is -2.22. The number of aliphatic hydroxyl groups excluding tert-OH is 1. The first kappa shape index (κ1) is 12.0. The average Bonchev–Trinajstić information content (AvgIpc) is 2.24. The van der Waals surface area contributed by atoms with E-state index in [0.29, 0.717) is 19.5 Å². The smallest absolute Gasteiger partial charge is 0.0640 e. The van der Waals surface area contributed by atoms with Crippen LogP contribution in [0.4, 0.5) is 5.69 Å². The van der Waals surface area contributed by atoms with Crippen LogP contribution in [-0.4, -0.2) is 24.8 Å². The van der Waals surface area contributed by atoms with Gasteiger partial charge in [0, 0.05) is 23.2 Å². The van der Waals surface area contributed by atoms with Gasteiger partial charge in [0.1, 0.15) is 0 Å². The second-order valence-corrected chi connectivity index (χ2v) is 4.01. The van der Waals surface area contributed by atoms with Gasteiger partial charge in [-0.25, -0.2) is 0 Å². The van der Waals surface area contributed by atoms with E-state index < -0.39 is 0 Å². The lowest BCUT2D eigenvalue weighted by molar-refractivity contribution is 0.302. The highest BCUT2D eigenvalue weighted by atomic mass is 79.9. The molecule has 0 aromatic heterocycles. The fraction of sp³-hybridized carbons (Fsp3) is 0.364. The Hall–Kier alpha value is -1.05. The summed E-state index contributed by atoms with van der Waals surface area (Å²) < 4.78 is 1.000. The minimum absolute atomic E-state index is 0.0952. The number of benzene rings is 1. The minimum atomic E-state index is 0.0952. The summed E-state index contributed by atoms with van der Waals surface area (Å²) in [7, 11) is 0. The number of hydrogen-bond donors (Lipinski definition) is 1. The number of rotatable bonds is 5. The van der Waals surface area contributed by atoms with Crippen LogP contribution in [0.15, 0.2) is 28.7 Å². The van der Waals surface area contributed by atoms with E-state index in [1.807, 2.05) is 29.2 Å². The molecule has 0 saturated carbocycles. The Morgan fingerprint density at radius 1 is 1.40 bits per heavy atom. The van der Waals surface area contributed by atoms with Gasteiger partial charge in [0.05, 0.1) is 19.1 Å². The number of nitriles is 1. The molecule has 0 spiro atoms. The third-order valence-electron chi connectivity index (χ3n) is 2.04. The van der Waals surface area contributed by atoms with Crippen LogP contribution in [-0.2, 0) is 0 Å². The zero-order valence-corrected chi connectivity index (χ0v) is 9.94. The van der Waals surface area contributed by atoms with Gasteiger partial charge in [-0.2, -0.15) is 5.26 Å². The van der Waals surface area contributed by atoms with Crippen molar-refractivity contribution in [2.75, 3.05) is 24.6 Å². The number of nitrogens with zero attached hydrogens (tertiary/aromatic N) is 2. The third kappa shape index (κ3) is 3.90. The van der Waals surface area contributed by atoms with Crippen molar-refractivity contribution >= 4 is 21.6 Å². The van der Waals surface area contributed by atoms with Gasteiger partial charge >= 0.3 is 0 Å². The quantitative estimate of drug-likeness (QED) is 0.891. The molecule has 0 fully saturated rings. The van der Waals surface area contributed by atoms with Gasteiger partial charge < -0.3 is 10.0 Å². The summed E-state index contributed by atoms with van der Waals surface area (Å²) in [6, 6.07) is 9.95. The SMILES string of the molecule is N#CCCN(CCO)c1cccc(Br)c1. The first-order chi connectivity index (χ1) is 7.27. The maximum atomic E-state index is 8.93. The number of aliphatic hydroxyl groups is 1. The normalized spacial score (nSPS) is 9.67. The molecule has 0 aliphatic rings. The van der Waals surface area contributed by atoms with Gasteiger partial charge in [0.15, 0.2) is 0 Å².